The molecule has 0 aromatic rings. The van der Waals surface area contributed by atoms with E-state index in [9.17, 15) is 0 Å². The van der Waals surface area contributed by atoms with E-state index in [-0.39, 0.29) is 0 Å². The Hall–Kier alpha value is -0.300. The lowest BCUT2D eigenvalue weighted by Crippen LogP contribution is -2.26. The Bertz CT molecular complexity index is 211. The van der Waals surface area contributed by atoms with Gasteiger partial charge in [0.2, 0.25) is 0 Å². The van der Waals surface area contributed by atoms with Crippen molar-refractivity contribution < 1.29 is 0 Å². The van der Waals surface area contributed by atoms with E-state index in [0.717, 1.165) is 6.42 Å². The molecule has 0 saturated heterocycles. The van der Waals surface area contributed by atoms with Gasteiger partial charge in [0, 0.05) is 6.04 Å². The number of hydrogen-bond donors (Lipinski definition) is 1. The maximum absolute atomic E-state index is 5.87. The smallest absolute Gasteiger partial charge is 0.00479 e. The van der Waals surface area contributed by atoms with Crippen molar-refractivity contribution in [2.24, 2.45) is 11.1 Å². The number of rotatable bonds is 2. The molecule has 1 atom stereocenters. The van der Waals surface area contributed by atoms with Gasteiger partial charge in [-0.15, -0.1) is 0 Å². The molecule has 0 fully saturated rings. The van der Waals surface area contributed by atoms with E-state index in [0.29, 0.717) is 11.5 Å². The normalized spacial score (nSPS) is 24.7. The summed E-state index contributed by atoms with van der Waals surface area (Å²) in [4.78, 5) is 0. The molecule has 0 aromatic carbocycles. The fraction of sp³-hybridized carbons (Fsp3) is 0.833. The Kier molecular flexibility index (Phi) is 3.18. The van der Waals surface area contributed by atoms with Crippen molar-refractivity contribution in [3.63, 3.8) is 0 Å². The monoisotopic (exact) mass is 181 g/mol. The van der Waals surface area contributed by atoms with Crippen molar-refractivity contribution in [3.8, 4) is 0 Å². The highest BCUT2D eigenvalue weighted by atomic mass is 14.6. The van der Waals surface area contributed by atoms with Gasteiger partial charge in [-0.25, -0.2) is 0 Å². The molecule has 0 aliphatic heterocycles. The van der Waals surface area contributed by atoms with Crippen molar-refractivity contribution >= 4 is 0 Å². The number of allylic oxidation sites excluding steroid dienone is 1. The Labute approximate surface area is 82.4 Å². The van der Waals surface area contributed by atoms with Gasteiger partial charge in [0.05, 0.1) is 0 Å². The van der Waals surface area contributed by atoms with Crippen LogP contribution in [0.2, 0.25) is 0 Å². The Morgan fingerprint density at radius 3 is 2.54 bits per heavy atom. The van der Waals surface area contributed by atoms with Crippen molar-refractivity contribution in [2.75, 3.05) is 0 Å². The van der Waals surface area contributed by atoms with Gasteiger partial charge in [-0.3, -0.25) is 0 Å². The summed E-state index contributed by atoms with van der Waals surface area (Å²) in [5.74, 6) is 0. The summed E-state index contributed by atoms with van der Waals surface area (Å²) >= 11 is 0. The van der Waals surface area contributed by atoms with Crippen LogP contribution in [0.25, 0.3) is 0 Å². The van der Waals surface area contributed by atoms with Crippen LogP contribution in [-0.4, -0.2) is 6.04 Å². The highest BCUT2D eigenvalue weighted by Gasteiger charge is 2.28. The second-order valence-electron chi connectivity index (χ2n) is 5.18. The molecule has 0 aromatic heterocycles. The quantitative estimate of drug-likeness (QED) is 0.650. The Morgan fingerprint density at radius 1 is 1.46 bits per heavy atom. The average molecular weight is 181 g/mol. The van der Waals surface area contributed by atoms with E-state index >= 15 is 0 Å². The predicted molar refractivity (Wildman–Crippen MR) is 58.6 cm³/mol. The molecule has 1 unspecified atom stereocenters. The van der Waals surface area contributed by atoms with Gasteiger partial charge in [-0.1, -0.05) is 25.0 Å². The van der Waals surface area contributed by atoms with Gasteiger partial charge in [-0.05, 0) is 44.9 Å². The first kappa shape index (κ1) is 10.8. The van der Waals surface area contributed by atoms with E-state index in [1.807, 2.05) is 0 Å². The third kappa shape index (κ3) is 2.57. The summed E-state index contributed by atoms with van der Waals surface area (Å²) in [6.45, 7) is 9.09. The molecule has 2 N–H and O–H groups in total. The molecular formula is C12H23N. The van der Waals surface area contributed by atoms with Gasteiger partial charge >= 0.3 is 0 Å². The lowest BCUT2D eigenvalue weighted by atomic mass is 9.71. The fourth-order valence-corrected chi connectivity index (χ4v) is 2.45. The van der Waals surface area contributed by atoms with E-state index in [1.165, 1.54) is 19.3 Å². The van der Waals surface area contributed by atoms with E-state index in [4.69, 9.17) is 5.73 Å². The summed E-state index contributed by atoms with van der Waals surface area (Å²) < 4.78 is 0. The first-order valence-electron chi connectivity index (χ1n) is 5.38. The van der Waals surface area contributed by atoms with Gasteiger partial charge in [-0.2, -0.15) is 0 Å². The molecule has 0 heterocycles. The van der Waals surface area contributed by atoms with E-state index < -0.39 is 0 Å². The second-order valence-corrected chi connectivity index (χ2v) is 5.18. The van der Waals surface area contributed by atoms with Crippen LogP contribution in [0.5, 0.6) is 0 Å². The van der Waals surface area contributed by atoms with Crippen LogP contribution >= 0.6 is 0 Å². The topological polar surface area (TPSA) is 26.0 Å². The highest BCUT2D eigenvalue weighted by molar-refractivity contribution is 5.23. The Morgan fingerprint density at radius 2 is 2.08 bits per heavy atom. The SMILES string of the molecule is CC1=C(CC(C)N)C(C)(C)CCC1. The minimum absolute atomic E-state index is 0.308. The largest absolute Gasteiger partial charge is 0.328 e. The zero-order valence-electron chi connectivity index (χ0n) is 9.48. The minimum Gasteiger partial charge on any atom is -0.328 e. The van der Waals surface area contributed by atoms with Crippen molar-refractivity contribution in [1.82, 2.24) is 0 Å². The van der Waals surface area contributed by atoms with E-state index in [2.05, 4.69) is 27.7 Å². The molecular weight excluding hydrogens is 158 g/mol. The summed E-state index contributed by atoms with van der Waals surface area (Å²) in [7, 11) is 0. The van der Waals surface area contributed by atoms with Crippen molar-refractivity contribution in [2.45, 2.75) is 59.4 Å². The van der Waals surface area contributed by atoms with Crippen molar-refractivity contribution in [1.29, 1.82) is 0 Å². The summed E-state index contributed by atoms with van der Waals surface area (Å²) in [5.41, 5.74) is 9.48. The molecule has 0 bridgehead atoms. The van der Waals surface area contributed by atoms with Crippen LogP contribution in [0, 0.1) is 5.41 Å². The third-order valence-electron chi connectivity index (χ3n) is 3.21. The molecule has 1 rings (SSSR count). The molecule has 1 aliphatic carbocycles. The molecule has 76 valence electrons. The molecule has 1 aliphatic rings. The van der Waals surface area contributed by atoms with Crippen LogP contribution in [0.1, 0.15) is 53.4 Å². The molecule has 1 nitrogen and oxygen atoms in total. The fourth-order valence-electron chi connectivity index (χ4n) is 2.45. The zero-order chi connectivity index (χ0) is 10.1. The summed E-state index contributed by atoms with van der Waals surface area (Å²) in [5, 5.41) is 0. The molecule has 0 radical (unpaired) electrons. The lowest BCUT2D eigenvalue weighted by Gasteiger charge is -2.35. The van der Waals surface area contributed by atoms with Crippen LogP contribution in [0.3, 0.4) is 0 Å². The minimum atomic E-state index is 0.308. The Balaban J connectivity index is 2.85. The molecule has 13 heavy (non-hydrogen) atoms. The van der Waals surface area contributed by atoms with Crippen LogP contribution in [0.15, 0.2) is 11.1 Å². The maximum atomic E-state index is 5.87. The van der Waals surface area contributed by atoms with Gasteiger partial charge in [0.25, 0.3) is 0 Å². The second kappa shape index (κ2) is 3.83. The van der Waals surface area contributed by atoms with Gasteiger partial charge in [0.15, 0.2) is 0 Å². The number of hydrogen-bond acceptors (Lipinski definition) is 1. The van der Waals surface area contributed by atoms with E-state index in [1.54, 1.807) is 11.1 Å². The highest BCUT2D eigenvalue weighted by Crippen LogP contribution is 2.41. The standard InChI is InChI=1S/C12H23N/c1-9-6-5-7-12(3,4)11(9)8-10(2)13/h10H,5-8,13H2,1-4H3. The zero-order valence-corrected chi connectivity index (χ0v) is 9.48. The maximum Gasteiger partial charge on any atom is 0.00479 e. The van der Waals surface area contributed by atoms with Crippen LogP contribution < -0.4 is 5.73 Å². The van der Waals surface area contributed by atoms with Crippen LogP contribution in [-0.2, 0) is 0 Å². The first-order valence-corrected chi connectivity index (χ1v) is 5.38. The van der Waals surface area contributed by atoms with Crippen molar-refractivity contribution in [3.05, 3.63) is 11.1 Å². The van der Waals surface area contributed by atoms with Gasteiger partial charge in [0.1, 0.15) is 0 Å². The molecule has 0 spiro atoms. The van der Waals surface area contributed by atoms with Gasteiger partial charge < -0.3 is 5.73 Å². The molecule has 0 amide bonds. The number of nitrogens with two attached hydrogens (primary N) is 1. The first-order chi connectivity index (χ1) is 5.93. The van der Waals surface area contributed by atoms with Crippen LogP contribution in [0.4, 0.5) is 0 Å². The predicted octanol–water partition coefficient (Wildman–Crippen LogP) is 3.25. The summed E-state index contributed by atoms with van der Waals surface area (Å²) in [6, 6.07) is 0.308. The lowest BCUT2D eigenvalue weighted by molar-refractivity contribution is 0.349. The molecule has 0 saturated carbocycles. The molecule has 1 heteroatoms. The summed E-state index contributed by atoms with van der Waals surface area (Å²) in [6.07, 6.45) is 5.04. The average Bonchev–Trinajstić information content (AvgIpc) is 1.96. The third-order valence-corrected chi connectivity index (χ3v) is 3.21.